The predicted molar refractivity (Wildman–Crippen MR) is 240 cm³/mol. The summed E-state index contributed by atoms with van der Waals surface area (Å²) >= 11 is 0. The quantitative estimate of drug-likeness (QED) is 0.161. The van der Waals surface area contributed by atoms with Crippen molar-refractivity contribution in [2.45, 2.75) is 19.3 Å². The van der Waals surface area contributed by atoms with Crippen molar-refractivity contribution in [1.82, 2.24) is 0 Å². The monoisotopic (exact) mass is 713 g/mol. The Morgan fingerprint density at radius 1 is 0.304 bits per heavy atom. The molecule has 1 aliphatic rings. The second-order valence-electron chi connectivity index (χ2n) is 15.7. The molecule has 0 atom stereocenters. The zero-order valence-electron chi connectivity index (χ0n) is 31.5. The number of nitrogens with zero attached hydrogens (tertiary/aromatic N) is 1. The fourth-order valence-corrected chi connectivity index (χ4v) is 9.37. The molecule has 10 aromatic rings. The van der Waals surface area contributed by atoms with Crippen LogP contribution in [0.15, 0.2) is 200 Å². The Morgan fingerprint density at radius 2 is 0.821 bits per heavy atom. The topological polar surface area (TPSA) is 3.24 Å². The van der Waals surface area contributed by atoms with Gasteiger partial charge in [-0.2, -0.15) is 0 Å². The maximum Gasteiger partial charge on any atom is 0.0468 e. The lowest BCUT2D eigenvalue weighted by Gasteiger charge is -2.27. The molecule has 11 rings (SSSR count). The highest BCUT2D eigenvalue weighted by Gasteiger charge is 2.35. The van der Waals surface area contributed by atoms with Crippen molar-refractivity contribution < 1.29 is 0 Å². The molecular formula is C55H39N. The molecule has 0 amide bonds. The molecule has 0 unspecified atom stereocenters. The van der Waals surface area contributed by atoms with Gasteiger partial charge in [-0.15, -0.1) is 0 Å². The molecular weight excluding hydrogens is 675 g/mol. The van der Waals surface area contributed by atoms with Gasteiger partial charge in [-0.3, -0.25) is 0 Å². The molecule has 1 nitrogen and oxygen atoms in total. The summed E-state index contributed by atoms with van der Waals surface area (Å²) in [6, 6.07) is 74.0. The van der Waals surface area contributed by atoms with Crippen LogP contribution < -0.4 is 4.90 Å². The van der Waals surface area contributed by atoms with Crippen molar-refractivity contribution in [3.8, 4) is 33.4 Å². The molecule has 0 saturated carbocycles. The van der Waals surface area contributed by atoms with E-state index in [4.69, 9.17) is 0 Å². The highest BCUT2D eigenvalue weighted by atomic mass is 15.1. The number of hydrogen-bond donors (Lipinski definition) is 0. The summed E-state index contributed by atoms with van der Waals surface area (Å²) in [5, 5.41) is 10.2. The average molecular weight is 714 g/mol. The van der Waals surface area contributed by atoms with Crippen molar-refractivity contribution in [1.29, 1.82) is 0 Å². The van der Waals surface area contributed by atoms with E-state index in [0.717, 1.165) is 17.1 Å². The predicted octanol–water partition coefficient (Wildman–Crippen LogP) is 15.4. The number of rotatable bonds is 5. The minimum Gasteiger partial charge on any atom is -0.310 e. The Balaban J connectivity index is 1.00. The first kappa shape index (κ1) is 32.5. The summed E-state index contributed by atoms with van der Waals surface area (Å²) in [4.78, 5) is 2.40. The fraction of sp³-hybridized carbons (Fsp3) is 0.0545. The highest BCUT2D eigenvalue weighted by Crippen LogP contribution is 2.50. The first-order valence-corrected chi connectivity index (χ1v) is 19.6. The van der Waals surface area contributed by atoms with Crippen LogP contribution >= 0.6 is 0 Å². The van der Waals surface area contributed by atoms with E-state index in [2.05, 4.69) is 219 Å². The van der Waals surface area contributed by atoms with E-state index < -0.39 is 0 Å². The summed E-state index contributed by atoms with van der Waals surface area (Å²) in [5.74, 6) is 0. The van der Waals surface area contributed by atoms with Gasteiger partial charge in [0.25, 0.3) is 0 Å². The zero-order valence-corrected chi connectivity index (χ0v) is 31.5. The third-order valence-electron chi connectivity index (χ3n) is 12.3. The van der Waals surface area contributed by atoms with Crippen LogP contribution in [0.3, 0.4) is 0 Å². The van der Waals surface area contributed by atoms with E-state index in [1.807, 2.05) is 0 Å². The molecule has 0 aromatic heterocycles. The van der Waals surface area contributed by atoms with Crippen LogP contribution in [0, 0.1) is 0 Å². The van der Waals surface area contributed by atoms with Gasteiger partial charge in [0.1, 0.15) is 0 Å². The Hall–Kier alpha value is -6.96. The third-order valence-corrected chi connectivity index (χ3v) is 12.3. The molecule has 0 heterocycles. The van der Waals surface area contributed by atoms with Gasteiger partial charge in [0.15, 0.2) is 0 Å². The van der Waals surface area contributed by atoms with E-state index in [-0.39, 0.29) is 5.41 Å². The van der Waals surface area contributed by atoms with Gasteiger partial charge in [0.05, 0.1) is 0 Å². The lowest BCUT2D eigenvalue weighted by molar-refractivity contribution is 0.660. The number of hydrogen-bond acceptors (Lipinski definition) is 1. The highest BCUT2D eigenvalue weighted by molar-refractivity contribution is 6.17. The molecule has 0 N–H and O–H groups in total. The summed E-state index contributed by atoms with van der Waals surface area (Å²) in [6.07, 6.45) is 0. The second kappa shape index (κ2) is 12.5. The van der Waals surface area contributed by atoms with Crippen molar-refractivity contribution in [2.75, 3.05) is 4.90 Å². The third kappa shape index (κ3) is 5.08. The van der Waals surface area contributed by atoms with Crippen LogP contribution in [0.5, 0.6) is 0 Å². The molecule has 0 spiro atoms. The Labute approximate surface area is 327 Å². The second-order valence-corrected chi connectivity index (χ2v) is 15.7. The minimum absolute atomic E-state index is 0.0447. The largest absolute Gasteiger partial charge is 0.310 e. The van der Waals surface area contributed by atoms with Gasteiger partial charge in [-0.05, 0) is 130 Å². The van der Waals surface area contributed by atoms with Gasteiger partial charge in [-0.1, -0.05) is 172 Å². The Kier molecular flexibility index (Phi) is 7.28. The average Bonchev–Trinajstić information content (AvgIpc) is 3.49. The van der Waals surface area contributed by atoms with E-state index in [1.165, 1.54) is 87.6 Å². The Morgan fingerprint density at radius 3 is 1.59 bits per heavy atom. The van der Waals surface area contributed by atoms with E-state index in [1.54, 1.807) is 0 Å². The molecule has 1 heteroatoms. The van der Waals surface area contributed by atoms with Crippen LogP contribution in [0.2, 0.25) is 0 Å². The molecule has 0 radical (unpaired) electrons. The van der Waals surface area contributed by atoms with E-state index in [0.29, 0.717) is 0 Å². The van der Waals surface area contributed by atoms with E-state index in [9.17, 15) is 0 Å². The van der Waals surface area contributed by atoms with Crippen LogP contribution in [-0.2, 0) is 5.41 Å². The van der Waals surface area contributed by atoms with E-state index >= 15 is 0 Å². The zero-order chi connectivity index (χ0) is 37.4. The lowest BCUT2D eigenvalue weighted by Crippen LogP contribution is -2.15. The van der Waals surface area contributed by atoms with Gasteiger partial charge >= 0.3 is 0 Å². The van der Waals surface area contributed by atoms with Gasteiger partial charge in [0.2, 0.25) is 0 Å². The smallest absolute Gasteiger partial charge is 0.0468 e. The minimum atomic E-state index is -0.0447. The molecule has 0 aliphatic heterocycles. The van der Waals surface area contributed by atoms with Gasteiger partial charge in [0, 0.05) is 22.5 Å². The summed E-state index contributed by atoms with van der Waals surface area (Å²) in [6.45, 7) is 4.69. The van der Waals surface area contributed by atoms with Gasteiger partial charge < -0.3 is 4.90 Å². The van der Waals surface area contributed by atoms with Crippen LogP contribution in [-0.4, -0.2) is 0 Å². The summed E-state index contributed by atoms with van der Waals surface area (Å²) < 4.78 is 0. The summed E-state index contributed by atoms with van der Waals surface area (Å²) in [5.41, 5.74) is 13.6. The number of anilines is 3. The first-order chi connectivity index (χ1) is 27.5. The maximum absolute atomic E-state index is 2.40. The van der Waals surface area contributed by atoms with Crippen molar-refractivity contribution in [2.24, 2.45) is 0 Å². The first-order valence-electron chi connectivity index (χ1n) is 19.6. The molecule has 0 saturated heterocycles. The van der Waals surface area contributed by atoms with Crippen molar-refractivity contribution in [3.63, 3.8) is 0 Å². The molecule has 1 aliphatic carbocycles. The standard InChI is InChI=1S/C55H39N/c1-55(2)53-17-8-7-15-51(53)52-35-44(29-33-54(52)55)56(43-27-20-39(21-28-43)46-16-9-12-37-10-3-5-13-45(37)46)42-25-18-36(19-26-42)40-23-30-48-41(34-40)24-32-49-47-14-6-4-11-38(47)22-31-50(48)49/h3-35H,1-2H3. The molecule has 10 aromatic carbocycles. The van der Waals surface area contributed by atoms with Crippen LogP contribution in [0.25, 0.3) is 76.5 Å². The SMILES string of the molecule is CC1(C)c2ccccc2-c2cc(N(c3ccc(-c4ccc5c(ccc6c7ccccc7ccc56)c4)cc3)c3ccc(-c4cccc5ccccc45)cc3)ccc21. The summed E-state index contributed by atoms with van der Waals surface area (Å²) in [7, 11) is 0. The molecule has 0 bridgehead atoms. The molecule has 0 fully saturated rings. The van der Waals surface area contributed by atoms with Gasteiger partial charge in [-0.25, -0.2) is 0 Å². The van der Waals surface area contributed by atoms with Crippen molar-refractivity contribution in [3.05, 3.63) is 211 Å². The molecule has 264 valence electrons. The fourth-order valence-electron chi connectivity index (χ4n) is 9.37. The lowest BCUT2D eigenvalue weighted by atomic mass is 9.82. The maximum atomic E-state index is 2.40. The Bertz CT molecular complexity index is 3150. The number of fused-ring (bicyclic) bond motifs is 9. The molecule has 56 heavy (non-hydrogen) atoms. The normalized spacial score (nSPS) is 13.0. The van der Waals surface area contributed by atoms with Crippen molar-refractivity contribution >= 4 is 60.2 Å². The number of benzene rings is 10. The van der Waals surface area contributed by atoms with Crippen LogP contribution in [0.4, 0.5) is 17.1 Å². The van der Waals surface area contributed by atoms with Crippen LogP contribution in [0.1, 0.15) is 25.0 Å².